The number of nitrogens with zero attached hydrogens (tertiary/aromatic N) is 7. The number of rotatable bonds is 4. The molecule has 3 fully saturated rings. The van der Waals surface area contributed by atoms with Gasteiger partial charge in [0.05, 0.1) is 11.2 Å². The predicted molar refractivity (Wildman–Crippen MR) is 167 cm³/mol. The summed E-state index contributed by atoms with van der Waals surface area (Å²) in [5, 5.41) is 1.14. The van der Waals surface area contributed by atoms with Crippen LogP contribution in [-0.2, 0) is 0 Å². The average molecular weight is 606 g/mol. The van der Waals surface area contributed by atoms with Crippen molar-refractivity contribution in [3.63, 3.8) is 0 Å². The number of carbonyl (C=O) groups is 3. The second-order valence-corrected chi connectivity index (χ2v) is 12.4. The van der Waals surface area contributed by atoms with Crippen LogP contribution in [-0.4, -0.2) is 123 Å². The van der Waals surface area contributed by atoms with Crippen molar-refractivity contribution in [3.05, 3.63) is 59.0 Å². The van der Waals surface area contributed by atoms with E-state index in [9.17, 15) is 14.4 Å². The van der Waals surface area contributed by atoms with E-state index in [1.54, 1.807) is 12.3 Å². The maximum atomic E-state index is 14.0. The van der Waals surface area contributed by atoms with Gasteiger partial charge < -0.3 is 24.2 Å². The number of hydrogen-bond donors (Lipinski definition) is 0. The van der Waals surface area contributed by atoms with Gasteiger partial charge in [0.1, 0.15) is 10.8 Å². The van der Waals surface area contributed by atoms with E-state index in [0.717, 1.165) is 55.6 Å². The molecule has 6 rings (SSSR count). The third-order valence-corrected chi connectivity index (χ3v) is 9.24. The van der Waals surface area contributed by atoms with Gasteiger partial charge in [-0.25, -0.2) is 9.78 Å². The van der Waals surface area contributed by atoms with Crippen molar-refractivity contribution < 1.29 is 14.4 Å². The Morgan fingerprint density at radius 1 is 0.721 bits per heavy atom. The second-order valence-electron chi connectivity index (χ2n) is 12.0. The summed E-state index contributed by atoms with van der Waals surface area (Å²) in [7, 11) is 0. The van der Waals surface area contributed by atoms with Crippen LogP contribution < -0.4 is 0 Å². The van der Waals surface area contributed by atoms with E-state index in [1.807, 2.05) is 54.5 Å². The summed E-state index contributed by atoms with van der Waals surface area (Å²) in [6, 6.07) is 11.6. The lowest BCUT2D eigenvalue weighted by Crippen LogP contribution is -2.54. The molecule has 5 heterocycles. The Morgan fingerprint density at radius 2 is 1.35 bits per heavy atom. The summed E-state index contributed by atoms with van der Waals surface area (Å²) < 4.78 is 1.89. The fraction of sp³-hybridized carbons (Fsp3) is 0.500. The second kappa shape index (κ2) is 12.5. The molecule has 4 amide bonds. The molecule has 3 aliphatic rings. The van der Waals surface area contributed by atoms with Crippen LogP contribution in [0, 0.1) is 0 Å². The molecule has 228 valence electrons. The van der Waals surface area contributed by atoms with E-state index >= 15 is 0 Å². The summed E-state index contributed by atoms with van der Waals surface area (Å²) in [4.78, 5) is 54.6. The Bertz CT molecular complexity index is 1500. The predicted octanol–water partition coefficient (Wildman–Crippen LogP) is 4.21. The van der Waals surface area contributed by atoms with Crippen molar-refractivity contribution in [3.8, 4) is 5.69 Å². The minimum absolute atomic E-state index is 0.00684. The molecule has 3 saturated heterocycles. The van der Waals surface area contributed by atoms with Gasteiger partial charge in [-0.15, -0.1) is 0 Å². The molecule has 0 saturated carbocycles. The van der Waals surface area contributed by atoms with Crippen molar-refractivity contribution in [2.75, 3.05) is 65.4 Å². The SMILES string of the molecule is CC(C)N1CCN(C(=O)c2ccc3c(c2)cc(C(=O)N2CCN(C(=O)N4CCCCC4)CC2)n3-c2ccnc(Cl)c2)CC1. The molecule has 0 radical (unpaired) electrons. The minimum Gasteiger partial charge on any atom is -0.336 e. The quantitative estimate of drug-likeness (QED) is 0.416. The lowest BCUT2D eigenvalue weighted by molar-refractivity contribution is 0.0595. The molecule has 11 heteroatoms. The summed E-state index contributed by atoms with van der Waals surface area (Å²) in [5.41, 5.74) is 2.63. The summed E-state index contributed by atoms with van der Waals surface area (Å²) in [6.07, 6.45) is 4.90. The van der Waals surface area contributed by atoms with E-state index in [-0.39, 0.29) is 17.8 Å². The van der Waals surface area contributed by atoms with Crippen LogP contribution in [0.5, 0.6) is 0 Å². The van der Waals surface area contributed by atoms with Gasteiger partial charge in [-0.1, -0.05) is 11.6 Å². The molecule has 43 heavy (non-hydrogen) atoms. The Labute approximate surface area is 257 Å². The zero-order valence-corrected chi connectivity index (χ0v) is 25.8. The number of fused-ring (bicyclic) bond motifs is 1. The number of urea groups is 1. The van der Waals surface area contributed by atoms with Gasteiger partial charge in [-0.3, -0.25) is 14.5 Å². The average Bonchev–Trinajstić information content (AvgIpc) is 3.43. The molecular weight excluding hydrogens is 566 g/mol. The standard InChI is InChI=1S/C32H40ClN7O3/c1-23(2)35-12-14-36(15-13-35)30(41)24-6-7-27-25(20-24)21-28(40(27)26-8-9-34-29(33)22-26)31(42)37-16-18-39(19-17-37)32(43)38-10-4-3-5-11-38/h6-9,20-23H,3-5,10-19H2,1-2H3. The minimum atomic E-state index is -0.119. The van der Waals surface area contributed by atoms with E-state index in [1.165, 1.54) is 6.42 Å². The normalized spacial score (nSPS) is 18.5. The molecule has 0 aliphatic carbocycles. The molecule has 10 nitrogen and oxygen atoms in total. The molecule has 0 unspecified atom stereocenters. The van der Waals surface area contributed by atoms with Crippen LogP contribution in [0.1, 0.15) is 54.0 Å². The number of amides is 4. The highest BCUT2D eigenvalue weighted by molar-refractivity contribution is 6.29. The third kappa shape index (κ3) is 6.08. The monoisotopic (exact) mass is 605 g/mol. The van der Waals surface area contributed by atoms with Crippen LogP contribution >= 0.6 is 11.6 Å². The molecule has 2 aromatic heterocycles. The molecule has 3 aliphatic heterocycles. The number of halogens is 1. The number of aromatic nitrogens is 2. The number of benzene rings is 1. The third-order valence-electron chi connectivity index (χ3n) is 9.03. The zero-order chi connectivity index (χ0) is 30.1. The smallest absolute Gasteiger partial charge is 0.320 e. The Hall–Kier alpha value is -3.63. The lowest BCUT2D eigenvalue weighted by Gasteiger charge is -2.38. The largest absolute Gasteiger partial charge is 0.336 e. The Morgan fingerprint density at radius 3 is 2.02 bits per heavy atom. The van der Waals surface area contributed by atoms with E-state index < -0.39 is 0 Å². The molecule has 0 spiro atoms. The summed E-state index contributed by atoms with van der Waals surface area (Å²) >= 11 is 6.27. The fourth-order valence-electron chi connectivity index (χ4n) is 6.49. The van der Waals surface area contributed by atoms with Crippen LogP contribution in [0.15, 0.2) is 42.6 Å². The van der Waals surface area contributed by atoms with Crippen LogP contribution in [0.4, 0.5) is 4.79 Å². The van der Waals surface area contributed by atoms with Gasteiger partial charge in [-0.2, -0.15) is 0 Å². The van der Waals surface area contributed by atoms with E-state index in [4.69, 9.17) is 11.6 Å². The highest BCUT2D eigenvalue weighted by atomic mass is 35.5. The van der Waals surface area contributed by atoms with Crippen LogP contribution in [0.25, 0.3) is 16.6 Å². The first-order valence-electron chi connectivity index (χ1n) is 15.4. The maximum absolute atomic E-state index is 14.0. The van der Waals surface area contributed by atoms with Crippen LogP contribution in [0.2, 0.25) is 5.15 Å². The number of hydrogen-bond acceptors (Lipinski definition) is 5. The van der Waals surface area contributed by atoms with Gasteiger partial charge >= 0.3 is 6.03 Å². The summed E-state index contributed by atoms with van der Waals surface area (Å²) in [5.74, 6) is -0.112. The van der Waals surface area contributed by atoms with Crippen molar-refractivity contribution in [2.24, 2.45) is 0 Å². The maximum Gasteiger partial charge on any atom is 0.320 e. The number of piperidine rings is 1. The summed E-state index contributed by atoms with van der Waals surface area (Å²) in [6.45, 7) is 11.0. The number of piperazine rings is 2. The van der Waals surface area contributed by atoms with Crippen LogP contribution in [0.3, 0.4) is 0 Å². The lowest BCUT2D eigenvalue weighted by atomic mass is 10.1. The van der Waals surface area contributed by atoms with Gasteiger partial charge in [-0.05, 0) is 69.5 Å². The fourth-order valence-corrected chi connectivity index (χ4v) is 6.66. The Kier molecular flexibility index (Phi) is 8.59. The van der Waals surface area contributed by atoms with Gasteiger partial charge in [0.15, 0.2) is 0 Å². The van der Waals surface area contributed by atoms with Crippen molar-refractivity contribution >= 4 is 40.3 Å². The first-order valence-corrected chi connectivity index (χ1v) is 15.8. The Balaban J connectivity index is 1.25. The first-order chi connectivity index (χ1) is 20.8. The zero-order valence-electron chi connectivity index (χ0n) is 25.0. The highest BCUT2D eigenvalue weighted by Gasteiger charge is 2.30. The van der Waals surface area contributed by atoms with Crippen molar-refractivity contribution in [1.29, 1.82) is 0 Å². The van der Waals surface area contributed by atoms with Crippen molar-refractivity contribution in [1.82, 2.24) is 34.1 Å². The van der Waals surface area contributed by atoms with Gasteiger partial charge in [0.25, 0.3) is 11.8 Å². The van der Waals surface area contributed by atoms with Gasteiger partial charge in [0, 0.05) is 88.6 Å². The molecular formula is C32H40ClN7O3. The first kappa shape index (κ1) is 29.4. The van der Waals surface area contributed by atoms with Crippen molar-refractivity contribution in [2.45, 2.75) is 39.2 Å². The van der Waals surface area contributed by atoms with E-state index in [0.29, 0.717) is 61.7 Å². The highest BCUT2D eigenvalue weighted by Crippen LogP contribution is 2.28. The van der Waals surface area contributed by atoms with E-state index in [2.05, 4.69) is 23.7 Å². The van der Waals surface area contributed by atoms with Gasteiger partial charge in [0.2, 0.25) is 0 Å². The molecule has 0 bridgehead atoms. The number of likely N-dealkylation sites (tertiary alicyclic amines) is 1. The number of pyridine rings is 1. The molecule has 0 N–H and O–H groups in total. The molecule has 3 aromatic rings. The number of carbonyl (C=O) groups excluding carboxylic acids is 3. The molecule has 1 aromatic carbocycles. The molecule has 0 atom stereocenters. The topological polar surface area (TPSA) is 85.2 Å².